The number of rotatable bonds is 11. The molecular formula is C25H35N3O4S. The summed E-state index contributed by atoms with van der Waals surface area (Å²) in [5, 5.41) is 15.5. The van der Waals surface area contributed by atoms with Gasteiger partial charge in [0.1, 0.15) is 6.04 Å². The number of aliphatic hydroxyl groups excluding tert-OH is 1. The topological polar surface area (TPSA) is 98.7 Å². The van der Waals surface area contributed by atoms with Crippen LogP contribution in [-0.4, -0.2) is 63.5 Å². The van der Waals surface area contributed by atoms with E-state index >= 15 is 0 Å². The van der Waals surface area contributed by atoms with Crippen LogP contribution in [-0.2, 0) is 20.9 Å². The summed E-state index contributed by atoms with van der Waals surface area (Å²) in [5.74, 6) is -1.22. The highest BCUT2D eigenvalue weighted by atomic mass is 32.2. The van der Waals surface area contributed by atoms with Gasteiger partial charge < -0.3 is 20.6 Å². The van der Waals surface area contributed by atoms with Gasteiger partial charge in [0, 0.05) is 31.5 Å². The number of amides is 3. The fourth-order valence-electron chi connectivity index (χ4n) is 5.82. The SMILES string of the molecule is CCCCCNC(=O)C1N(CCCO)C(=O)[C@@H]2[C@H](C(=O)NCc3ccccc3)[C@@H]3CCC12S3. The lowest BCUT2D eigenvalue weighted by Crippen LogP contribution is -2.54. The average molecular weight is 474 g/mol. The zero-order valence-corrected chi connectivity index (χ0v) is 20.1. The summed E-state index contributed by atoms with van der Waals surface area (Å²) in [7, 11) is 0. The Morgan fingerprint density at radius 1 is 1.15 bits per heavy atom. The normalized spacial score (nSPS) is 29.9. The minimum Gasteiger partial charge on any atom is -0.396 e. The molecule has 1 spiro atoms. The van der Waals surface area contributed by atoms with Crippen molar-refractivity contribution in [1.82, 2.24) is 15.5 Å². The number of nitrogens with one attached hydrogen (secondary N) is 2. The average Bonchev–Trinajstić information content (AvgIpc) is 3.47. The fourth-order valence-corrected chi connectivity index (χ4v) is 8.04. The van der Waals surface area contributed by atoms with Crippen LogP contribution in [0, 0.1) is 11.8 Å². The number of nitrogens with zero attached hydrogens (tertiary/aromatic N) is 1. The van der Waals surface area contributed by atoms with E-state index in [0.717, 1.165) is 37.7 Å². The van der Waals surface area contributed by atoms with Crippen molar-refractivity contribution in [3.8, 4) is 0 Å². The van der Waals surface area contributed by atoms with Crippen molar-refractivity contribution in [2.45, 2.75) is 68.0 Å². The highest BCUT2D eigenvalue weighted by Crippen LogP contribution is 2.66. The molecule has 180 valence electrons. The summed E-state index contributed by atoms with van der Waals surface area (Å²) >= 11 is 1.68. The molecule has 3 fully saturated rings. The van der Waals surface area contributed by atoms with Gasteiger partial charge in [-0.3, -0.25) is 14.4 Å². The molecule has 3 heterocycles. The van der Waals surface area contributed by atoms with E-state index in [1.54, 1.807) is 16.7 Å². The van der Waals surface area contributed by atoms with E-state index in [0.29, 0.717) is 26.1 Å². The Morgan fingerprint density at radius 2 is 1.94 bits per heavy atom. The molecule has 1 aromatic rings. The van der Waals surface area contributed by atoms with Crippen LogP contribution in [0.2, 0.25) is 0 Å². The molecule has 3 N–H and O–H groups in total. The highest BCUT2D eigenvalue weighted by Gasteiger charge is 2.73. The first-order valence-corrected chi connectivity index (χ1v) is 13.1. The van der Waals surface area contributed by atoms with Crippen molar-refractivity contribution in [2.24, 2.45) is 11.8 Å². The first-order valence-electron chi connectivity index (χ1n) is 12.2. The van der Waals surface area contributed by atoms with Gasteiger partial charge in [0.25, 0.3) is 0 Å². The number of unbranched alkanes of at least 4 members (excludes halogenated alkanes) is 2. The molecule has 2 bridgehead atoms. The van der Waals surface area contributed by atoms with Gasteiger partial charge in [-0.05, 0) is 31.2 Å². The number of fused-ring (bicyclic) bond motifs is 1. The predicted octanol–water partition coefficient (Wildman–Crippen LogP) is 2.08. The van der Waals surface area contributed by atoms with Gasteiger partial charge in [-0.2, -0.15) is 0 Å². The van der Waals surface area contributed by atoms with E-state index in [9.17, 15) is 19.5 Å². The Kier molecular flexibility index (Phi) is 7.64. The summed E-state index contributed by atoms with van der Waals surface area (Å²) in [6, 6.07) is 9.17. The van der Waals surface area contributed by atoms with E-state index in [1.165, 1.54) is 0 Å². The monoisotopic (exact) mass is 473 g/mol. The summed E-state index contributed by atoms with van der Waals surface area (Å²) in [5.41, 5.74) is 1.02. The molecule has 1 aromatic carbocycles. The summed E-state index contributed by atoms with van der Waals surface area (Å²) in [6.07, 6.45) is 5.06. The van der Waals surface area contributed by atoms with Crippen molar-refractivity contribution in [3.05, 3.63) is 35.9 Å². The van der Waals surface area contributed by atoms with E-state index < -0.39 is 22.6 Å². The maximum Gasteiger partial charge on any atom is 0.244 e. The van der Waals surface area contributed by atoms with Gasteiger partial charge >= 0.3 is 0 Å². The highest BCUT2D eigenvalue weighted by molar-refractivity contribution is 8.02. The number of carbonyl (C=O) groups is 3. The molecule has 3 aliphatic heterocycles. The van der Waals surface area contributed by atoms with Crippen LogP contribution in [0.1, 0.15) is 51.0 Å². The molecule has 7 nitrogen and oxygen atoms in total. The number of likely N-dealkylation sites (tertiary alicyclic amines) is 1. The molecule has 0 saturated carbocycles. The van der Waals surface area contributed by atoms with Crippen LogP contribution >= 0.6 is 11.8 Å². The van der Waals surface area contributed by atoms with Crippen molar-refractivity contribution < 1.29 is 19.5 Å². The second kappa shape index (κ2) is 10.5. The Hall–Kier alpha value is -2.06. The number of benzene rings is 1. The maximum atomic E-state index is 13.6. The molecule has 0 radical (unpaired) electrons. The third-order valence-electron chi connectivity index (χ3n) is 7.30. The van der Waals surface area contributed by atoms with E-state index in [-0.39, 0.29) is 29.6 Å². The lowest BCUT2D eigenvalue weighted by atomic mass is 9.70. The van der Waals surface area contributed by atoms with Crippen molar-refractivity contribution >= 4 is 29.5 Å². The van der Waals surface area contributed by atoms with Crippen LogP contribution in [0.25, 0.3) is 0 Å². The van der Waals surface area contributed by atoms with Crippen LogP contribution in [0.3, 0.4) is 0 Å². The minimum atomic E-state index is -0.579. The molecule has 33 heavy (non-hydrogen) atoms. The Morgan fingerprint density at radius 3 is 2.67 bits per heavy atom. The third kappa shape index (κ3) is 4.52. The molecule has 3 aliphatic rings. The van der Waals surface area contributed by atoms with Crippen LogP contribution in [0.5, 0.6) is 0 Å². The number of thioether (sulfide) groups is 1. The van der Waals surface area contributed by atoms with Gasteiger partial charge in [-0.1, -0.05) is 50.1 Å². The van der Waals surface area contributed by atoms with Crippen LogP contribution < -0.4 is 10.6 Å². The van der Waals surface area contributed by atoms with E-state index in [4.69, 9.17) is 0 Å². The number of aliphatic hydroxyl groups is 1. The lowest BCUT2D eigenvalue weighted by molar-refractivity contribution is -0.140. The van der Waals surface area contributed by atoms with Gasteiger partial charge in [0.15, 0.2) is 0 Å². The number of carbonyl (C=O) groups excluding carboxylic acids is 3. The first-order chi connectivity index (χ1) is 16.0. The summed E-state index contributed by atoms with van der Waals surface area (Å²) < 4.78 is -0.555. The quantitative estimate of drug-likeness (QED) is 0.428. The van der Waals surface area contributed by atoms with Gasteiger partial charge in [0.05, 0.1) is 16.6 Å². The van der Waals surface area contributed by atoms with E-state index in [2.05, 4.69) is 17.6 Å². The van der Waals surface area contributed by atoms with Crippen molar-refractivity contribution in [3.63, 3.8) is 0 Å². The number of hydrogen-bond donors (Lipinski definition) is 3. The molecule has 0 aliphatic carbocycles. The molecule has 8 heteroatoms. The molecule has 4 rings (SSSR count). The molecule has 2 unspecified atom stereocenters. The van der Waals surface area contributed by atoms with Crippen LogP contribution in [0.4, 0.5) is 0 Å². The van der Waals surface area contributed by atoms with Crippen molar-refractivity contribution in [1.29, 1.82) is 0 Å². The van der Waals surface area contributed by atoms with E-state index in [1.807, 2.05) is 30.3 Å². The second-order valence-electron chi connectivity index (χ2n) is 9.37. The second-order valence-corrected chi connectivity index (χ2v) is 11.0. The zero-order valence-electron chi connectivity index (χ0n) is 19.3. The van der Waals surface area contributed by atoms with Crippen LogP contribution in [0.15, 0.2) is 30.3 Å². The largest absolute Gasteiger partial charge is 0.396 e. The molecule has 3 amide bonds. The van der Waals surface area contributed by atoms with Gasteiger partial charge in [-0.15, -0.1) is 11.8 Å². The smallest absolute Gasteiger partial charge is 0.244 e. The van der Waals surface area contributed by atoms with Gasteiger partial charge in [0.2, 0.25) is 17.7 Å². The minimum absolute atomic E-state index is 0.0386. The molecule has 3 saturated heterocycles. The molecule has 0 aromatic heterocycles. The number of hydrogen-bond acceptors (Lipinski definition) is 5. The molecular weight excluding hydrogens is 438 g/mol. The maximum absolute atomic E-state index is 13.6. The lowest BCUT2D eigenvalue weighted by Gasteiger charge is -2.34. The fraction of sp³-hybridized carbons (Fsp3) is 0.640. The Labute approximate surface area is 200 Å². The summed E-state index contributed by atoms with van der Waals surface area (Å²) in [4.78, 5) is 41.9. The zero-order chi connectivity index (χ0) is 23.4. The van der Waals surface area contributed by atoms with Crippen molar-refractivity contribution in [2.75, 3.05) is 19.7 Å². The standard InChI is InChI=1S/C25H35N3O4S/c1-2-3-7-13-26-23(31)21-25-12-11-18(33-25)19(20(25)24(32)28(21)14-8-15-29)22(30)27-16-17-9-5-4-6-10-17/h4-6,9-10,18-21,29H,2-3,7-8,11-16H2,1H3,(H,26,31)(H,27,30)/t18-,19+,20-,21?,25?/m0/s1. The predicted molar refractivity (Wildman–Crippen MR) is 128 cm³/mol. The Balaban J connectivity index is 1.53. The summed E-state index contributed by atoms with van der Waals surface area (Å²) in [6.45, 7) is 3.44. The van der Waals surface area contributed by atoms with Gasteiger partial charge in [-0.25, -0.2) is 0 Å². The Bertz CT molecular complexity index is 866. The first kappa shape index (κ1) is 24.1. The molecule has 5 atom stereocenters. The third-order valence-corrected chi connectivity index (χ3v) is 9.25.